The van der Waals surface area contributed by atoms with E-state index in [2.05, 4.69) is 15.3 Å². The number of pyridine rings is 1. The molecule has 2 aromatic heterocycles. The largest absolute Gasteiger partial charge is 0.394 e. The minimum Gasteiger partial charge on any atom is -0.394 e. The second-order valence-electron chi connectivity index (χ2n) is 2.87. The molecule has 5 heteroatoms. The summed E-state index contributed by atoms with van der Waals surface area (Å²) in [7, 11) is 0. The summed E-state index contributed by atoms with van der Waals surface area (Å²) < 4.78 is 1.61. The topological polar surface area (TPSA) is 63.8 Å². The van der Waals surface area contributed by atoms with Crippen LogP contribution in [0.2, 0.25) is 0 Å². The molecule has 72 valence electrons. The molecule has 0 radical (unpaired) electrons. The molecule has 0 bridgehead atoms. The maximum absolute atomic E-state index is 9.23. The lowest BCUT2D eigenvalue weighted by Crippen LogP contribution is -2.15. The zero-order valence-electron chi connectivity index (χ0n) is 7.48. The van der Waals surface area contributed by atoms with E-state index in [9.17, 15) is 5.11 Å². The van der Waals surface area contributed by atoms with Crippen LogP contribution in [0.3, 0.4) is 0 Å². The van der Waals surface area contributed by atoms with Crippen molar-refractivity contribution in [2.45, 2.75) is 6.04 Å². The van der Waals surface area contributed by atoms with E-state index < -0.39 is 0 Å². The van der Waals surface area contributed by atoms with Crippen LogP contribution in [-0.2, 0) is 0 Å². The molecular weight excluding hydrogens is 180 g/mol. The molecule has 5 nitrogen and oxygen atoms in total. The second-order valence-corrected chi connectivity index (χ2v) is 2.87. The molecule has 14 heavy (non-hydrogen) atoms. The standard InChI is InChI=1S/C9H10N4O/c14-7-9(13-5-4-11-12-13)8-2-1-3-10-6-8/h1-6,9,14H,7H2. The van der Waals surface area contributed by atoms with E-state index in [1.807, 2.05) is 12.1 Å². The van der Waals surface area contributed by atoms with Crippen molar-refractivity contribution < 1.29 is 5.11 Å². The molecule has 0 aliphatic heterocycles. The minimum absolute atomic E-state index is 0.0188. The highest BCUT2D eigenvalue weighted by Crippen LogP contribution is 2.14. The quantitative estimate of drug-likeness (QED) is 0.753. The van der Waals surface area contributed by atoms with Gasteiger partial charge in [-0.05, 0) is 11.6 Å². The van der Waals surface area contributed by atoms with E-state index in [0.29, 0.717) is 0 Å². The van der Waals surface area contributed by atoms with Crippen LogP contribution < -0.4 is 0 Å². The van der Waals surface area contributed by atoms with Crippen molar-refractivity contribution in [3.05, 3.63) is 42.5 Å². The van der Waals surface area contributed by atoms with Crippen molar-refractivity contribution in [1.82, 2.24) is 20.0 Å². The van der Waals surface area contributed by atoms with E-state index in [-0.39, 0.29) is 12.6 Å². The molecular formula is C9H10N4O. The van der Waals surface area contributed by atoms with Crippen LogP contribution in [0.5, 0.6) is 0 Å². The van der Waals surface area contributed by atoms with Gasteiger partial charge in [-0.3, -0.25) is 4.98 Å². The summed E-state index contributed by atoms with van der Waals surface area (Å²) in [5.41, 5.74) is 0.917. The molecule has 0 aliphatic carbocycles. The van der Waals surface area contributed by atoms with Gasteiger partial charge in [0.1, 0.15) is 6.04 Å². The number of aliphatic hydroxyl groups excluding tert-OH is 1. The summed E-state index contributed by atoms with van der Waals surface area (Å²) in [6.07, 6.45) is 6.70. The normalized spacial score (nSPS) is 12.6. The van der Waals surface area contributed by atoms with Crippen LogP contribution in [0.15, 0.2) is 36.9 Å². The Morgan fingerprint density at radius 1 is 1.43 bits per heavy atom. The third kappa shape index (κ3) is 1.62. The van der Waals surface area contributed by atoms with Crippen LogP contribution in [0, 0.1) is 0 Å². The summed E-state index contributed by atoms with van der Waals surface area (Å²) in [6.45, 7) is -0.0188. The van der Waals surface area contributed by atoms with Gasteiger partial charge in [0.15, 0.2) is 0 Å². The van der Waals surface area contributed by atoms with Crippen molar-refractivity contribution in [3.63, 3.8) is 0 Å². The Morgan fingerprint density at radius 2 is 2.36 bits per heavy atom. The molecule has 0 aliphatic rings. The Hall–Kier alpha value is -1.75. The van der Waals surface area contributed by atoms with Crippen molar-refractivity contribution in [3.8, 4) is 0 Å². The lowest BCUT2D eigenvalue weighted by molar-refractivity contribution is 0.239. The number of rotatable bonds is 3. The zero-order chi connectivity index (χ0) is 9.80. The molecule has 0 saturated carbocycles. The van der Waals surface area contributed by atoms with Crippen molar-refractivity contribution in [2.75, 3.05) is 6.61 Å². The smallest absolute Gasteiger partial charge is 0.103 e. The summed E-state index contributed by atoms with van der Waals surface area (Å²) in [5, 5.41) is 16.8. The Labute approximate surface area is 81.0 Å². The van der Waals surface area contributed by atoms with Gasteiger partial charge in [0, 0.05) is 18.6 Å². The number of nitrogens with zero attached hydrogens (tertiary/aromatic N) is 4. The molecule has 2 rings (SSSR count). The summed E-state index contributed by atoms with van der Waals surface area (Å²) in [5.74, 6) is 0. The first-order chi connectivity index (χ1) is 6.92. The summed E-state index contributed by atoms with van der Waals surface area (Å²) in [4.78, 5) is 3.99. The van der Waals surface area contributed by atoms with Crippen LogP contribution >= 0.6 is 0 Å². The minimum atomic E-state index is -0.203. The third-order valence-corrected chi connectivity index (χ3v) is 2.00. The Balaban J connectivity index is 2.31. The van der Waals surface area contributed by atoms with Gasteiger partial charge >= 0.3 is 0 Å². The maximum Gasteiger partial charge on any atom is 0.103 e. The maximum atomic E-state index is 9.23. The van der Waals surface area contributed by atoms with E-state index in [1.54, 1.807) is 29.5 Å². The van der Waals surface area contributed by atoms with E-state index in [0.717, 1.165) is 5.56 Å². The fourth-order valence-electron chi connectivity index (χ4n) is 1.30. The zero-order valence-corrected chi connectivity index (χ0v) is 7.48. The SMILES string of the molecule is OCC(c1cccnc1)n1ccnn1. The lowest BCUT2D eigenvalue weighted by Gasteiger charge is -2.13. The van der Waals surface area contributed by atoms with Crippen molar-refractivity contribution in [2.24, 2.45) is 0 Å². The van der Waals surface area contributed by atoms with Crippen LogP contribution in [0.1, 0.15) is 11.6 Å². The highest BCUT2D eigenvalue weighted by molar-refractivity contribution is 5.14. The Kier molecular flexibility index (Phi) is 2.51. The summed E-state index contributed by atoms with van der Waals surface area (Å²) in [6, 6.07) is 3.52. The van der Waals surface area contributed by atoms with Gasteiger partial charge in [0.2, 0.25) is 0 Å². The molecule has 0 fully saturated rings. The molecule has 0 aromatic carbocycles. The van der Waals surface area contributed by atoms with Gasteiger partial charge < -0.3 is 5.11 Å². The van der Waals surface area contributed by atoms with Gasteiger partial charge in [-0.15, -0.1) is 5.10 Å². The first-order valence-electron chi connectivity index (χ1n) is 4.28. The monoisotopic (exact) mass is 190 g/mol. The van der Waals surface area contributed by atoms with E-state index in [4.69, 9.17) is 0 Å². The summed E-state index contributed by atoms with van der Waals surface area (Å²) >= 11 is 0. The third-order valence-electron chi connectivity index (χ3n) is 2.00. The Morgan fingerprint density at radius 3 is 2.93 bits per heavy atom. The van der Waals surface area contributed by atoms with Crippen LogP contribution in [0.4, 0.5) is 0 Å². The van der Waals surface area contributed by atoms with Crippen molar-refractivity contribution in [1.29, 1.82) is 0 Å². The molecule has 2 heterocycles. The van der Waals surface area contributed by atoms with Gasteiger partial charge in [0.25, 0.3) is 0 Å². The number of aliphatic hydroxyl groups is 1. The van der Waals surface area contributed by atoms with Crippen LogP contribution in [0.25, 0.3) is 0 Å². The predicted octanol–water partition coefficient (Wildman–Crippen LogP) is 0.255. The molecule has 0 spiro atoms. The Bertz CT molecular complexity index is 373. The molecule has 2 aromatic rings. The predicted molar refractivity (Wildman–Crippen MR) is 49.5 cm³/mol. The number of aromatic nitrogens is 4. The molecule has 1 unspecified atom stereocenters. The van der Waals surface area contributed by atoms with Crippen LogP contribution in [-0.4, -0.2) is 31.7 Å². The van der Waals surface area contributed by atoms with E-state index in [1.165, 1.54) is 0 Å². The molecule has 1 N–H and O–H groups in total. The first kappa shape index (κ1) is 8.83. The number of hydrogen-bond donors (Lipinski definition) is 1. The second kappa shape index (κ2) is 3.97. The molecule has 0 amide bonds. The fourth-order valence-corrected chi connectivity index (χ4v) is 1.30. The lowest BCUT2D eigenvalue weighted by atomic mass is 10.1. The van der Waals surface area contributed by atoms with Crippen molar-refractivity contribution >= 4 is 0 Å². The molecule has 0 saturated heterocycles. The average Bonchev–Trinajstić information content (AvgIpc) is 2.74. The molecule has 1 atom stereocenters. The van der Waals surface area contributed by atoms with Gasteiger partial charge in [-0.1, -0.05) is 11.3 Å². The number of hydrogen-bond acceptors (Lipinski definition) is 4. The van der Waals surface area contributed by atoms with E-state index >= 15 is 0 Å². The highest BCUT2D eigenvalue weighted by atomic mass is 16.3. The highest BCUT2D eigenvalue weighted by Gasteiger charge is 2.12. The van der Waals surface area contributed by atoms with Gasteiger partial charge in [-0.25, -0.2) is 4.68 Å². The van der Waals surface area contributed by atoms with Gasteiger partial charge in [0.05, 0.1) is 12.8 Å². The fraction of sp³-hybridized carbons (Fsp3) is 0.222. The first-order valence-corrected chi connectivity index (χ1v) is 4.28. The van der Waals surface area contributed by atoms with Gasteiger partial charge in [-0.2, -0.15) is 0 Å². The average molecular weight is 190 g/mol.